The van der Waals surface area contributed by atoms with Crippen molar-refractivity contribution in [2.24, 2.45) is 5.73 Å². The van der Waals surface area contributed by atoms with Crippen LogP contribution in [-0.2, 0) is 6.42 Å². The molecule has 0 atom stereocenters. The molecule has 0 aromatic carbocycles. The van der Waals surface area contributed by atoms with Crippen molar-refractivity contribution in [1.82, 2.24) is 9.97 Å². The highest BCUT2D eigenvalue weighted by Crippen LogP contribution is 2.37. The van der Waals surface area contributed by atoms with Gasteiger partial charge in [0.05, 0.1) is 0 Å². The average molecular weight is 252 g/mol. The summed E-state index contributed by atoms with van der Waals surface area (Å²) in [5.41, 5.74) is 6.16. The van der Waals surface area contributed by atoms with Crippen LogP contribution in [0.15, 0.2) is 10.9 Å². The number of hydrogen-bond donors (Lipinski definition) is 2. The van der Waals surface area contributed by atoms with Crippen molar-refractivity contribution >= 4 is 24.8 Å². The van der Waals surface area contributed by atoms with Gasteiger partial charge in [0, 0.05) is 24.1 Å². The van der Waals surface area contributed by atoms with Crippen molar-refractivity contribution < 1.29 is 0 Å². The number of rotatable bonds is 3. The number of halogens is 2. The monoisotopic (exact) mass is 251 g/mol. The lowest BCUT2D eigenvalue weighted by Gasteiger charge is -2.00. The summed E-state index contributed by atoms with van der Waals surface area (Å²) in [7, 11) is 0. The lowest BCUT2D eigenvalue weighted by atomic mass is 10.3. The molecule has 3 N–H and O–H groups in total. The molecule has 0 spiro atoms. The van der Waals surface area contributed by atoms with Crippen LogP contribution in [0.5, 0.6) is 0 Å². The zero-order chi connectivity index (χ0) is 9.26. The molecule has 15 heavy (non-hydrogen) atoms. The smallest absolute Gasteiger partial charge is 0.251 e. The first-order valence-corrected chi connectivity index (χ1v) is 4.60. The Bertz CT molecular complexity index is 363. The first-order valence-electron chi connectivity index (χ1n) is 4.60. The molecule has 1 aliphatic rings. The number of nitrogens with two attached hydrogens (primary N) is 1. The van der Waals surface area contributed by atoms with Gasteiger partial charge in [0.2, 0.25) is 0 Å². The summed E-state index contributed by atoms with van der Waals surface area (Å²) in [4.78, 5) is 18.3. The molecule has 1 heterocycles. The quantitative estimate of drug-likeness (QED) is 0.842. The molecule has 86 valence electrons. The van der Waals surface area contributed by atoms with Crippen LogP contribution in [0.4, 0.5) is 0 Å². The molecule has 0 radical (unpaired) electrons. The van der Waals surface area contributed by atoms with Crippen LogP contribution < -0.4 is 11.3 Å². The van der Waals surface area contributed by atoms with Crippen LogP contribution in [0, 0.1) is 0 Å². The van der Waals surface area contributed by atoms with Crippen LogP contribution >= 0.6 is 24.8 Å². The van der Waals surface area contributed by atoms with Crippen LogP contribution in [0.1, 0.15) is 30.3 Å². The van der Waals surface area contributed by atoms with Crippen LogP contribution in [0.2, 0.25) is 0 Å². The Morgan fingerprint density at radius 1 is 1.47 bits per heavy atom. The van der Waals surface area contributed by atoms with Gasteiger partial charge in [0.25, 0.3) is 5.56 Å². The molecular weight excluding hydrogens is 237 g/mol. The third-order valence-corrected chi connectivity index (χ3v) is 2.18. The molecule has 4 nitrogen and oxygen atoms in total. The van der Waals surface area contributed by atoms with E-state index >= 15 is 0 Å². The highest BCUT2D eigenvalue weighted by atomic mass is 35.5. The van der Waals surface area contributed by atoms with Crippen molar-refractivity contribution in [2.45, 2.75) is 25.2 Å². The summed E-state index contributed by atoms with van der Waals surface area (Å²) in [5, 5.41) is 0. The Morgan fingerprint density at radius 3 is 2.67 bits per heavy atom. The predicted molar refractivity (Wildman–Crippen MR) is 64.1 cm³/mol. The highest BCUT2D eigenvalue weighted by Gasteiger charge is 2.26. The molecule has 0 aliphatic heterocycles. The molecule has 0 unspecified atom stereocenters. The molecule has 6 heteroatoms. The molecule has 1 fully saturated rings. The van der Waals surface area contributed by atoms with E-state index in [4.69, 9.17) is 5.73 Å². The van der Waals surface area contributed by atoms with Crippen molar-refractivity contribution in [2.75, 3.05) is 6.54 Å². The van der Waals surface area contributed by atoms with Gasteiger partial charge in [-0.25, -0.2) is 4.98 Å². The van der Waals surface area contributed by atoms with E-state index in [9.17, 15) is 4.79 Å². The van der Waals surface area contributed by atoms with Gasteiger partial charge in [-0.15, -0.1) is 24.8 Å². The highest BCUT2D eigenvalue weighted by molar-refractivity contribution is 5.85. The number of H-pyrrole nitrogens is 1. The zero-order valence-corrected chi connectivity index (χ0v) is 9.87. The fraction of sp³-hybridized carbons (Fsp3) is 0.556. The largest absolute Gasteiger partial charge is 0.330 e. The van der Waals surface area contributed by atoms with E-state index in [2.05, 4.69) is 9.97 Å². The first kappa shape index (κ1) is 14.4. The lowest BCUT2D eigenvalue weighted by molar-refractivity contribution is 0.837. The Hall–Kier alpha value is -0.580. The van der Waals surface area contributed by atoms with Crippen molar-refractivity contribution in [3.8, 4) is 0 Å². The van der Waals surface area contributed by atoms with E-state index in [1.165, 1.54) is 6.07 Å². The minimum atomic E-state index is -0.0552. The minimum Gasteiger partial charge on any atom is -0.330 e. The maximum Gasteiger partial charge on any atom is 0.251 e. The molecule has 1 saturated carbocycles. The Kier molecular flexibility index (Phi) is 5.87. The molecule has 0 bridgehead atoms. The summed E-state index contributed by atoms with van der Waals surface area (Å²) in [6, 6.07) is 1.53. The molecular formula is C9H15Cl2N3O. The second-order valence-corrected chi connectivity index (χ2v) is 3.43. The molecule has 0 saturated heterocycles. The molecule has 2 rings (SSSR count). The summed E-state index contributed by atoms with van der Waals surface area (Å²) in [6.07, 6.45) is 2.98. The molecule has 1 aliphatic carbocycles. The fourth-order valence-corrected chi connectivity index (χ4v) is 1.35. The second kappa shape index (κ2) is 6.10. The predicted octanol–water partition coefficient (Wildman–Crippen LogP) is 0.992. The Balaban J connectivity index is 0.000000980. The Labute approximate surface area is 100 Å². The maximum atomic E-state index is 11.2. The van der Waals surface area contributed by atoms with Gasteiger partial charge < -0.3 is 10.7 Å². The zero-order valence-electron chi connectivity index (χ0n) is 8.23. The standard InChI is InChI=1S/C9H13N3O.2ClH/c10-4-3-7-5-8(13)12-9(11-7)6-1-2-6;;/h5-6H,1-4,10H2,(H,11,12,13);2*1H. The topological polar surface area (TPSA) is 71.8 Å². The SMILES string of the molecule is Cl.Cl.NCCc1cc(=O)[nH]c(C2CC2)n1. The molecule has 1 aromatic rings. The third kappa shape index (κ3) is 3.81. The molecule has 0 amide bonds. The van der Waals surface area contributed by atoms with Gasteiger partial charge >= 0.3 is 0 Å². The summed E-state index contributed by atoms with van der Waals surface area (Å²) >= 11 is 0. The fourth-order valence-electron chi connectivity index (χ4n) is 1.35. The van der Waals surface area contributed by atoms with E-state index < -0.39 is 0 Å². The normalized spacial score (nSPS) is 13.9. The lowest BCUT2D eigenvalue weighted by Crippen LogP contribution is -2.14. The number of aromatic nitrogens is 2. The third-order valence-electron chi connectivity index (χ3n) is 2.18. The summed E-state index contributed by atoms with van der Waals surface area (Å²) in [6.45, 7) is 0.542. The van der Waals surface area contributed by atoms with Crippen LogP contribution in [0.3, 0.4) is 0 Å². The van der Waals surface area contributed by atoms with Crippen molar-refractivity contribution in [3.05, 3.63) is 27.9 Å². The first-order chi connectivity index (χ1) is 6.29. The van der Waals surface area contributed by atoms with Gasteiger partial charge in [-0.05, 0) is 19.4 Å². The van der Waals surface area contributed by atoms with E-state index in [0.717, 1.165) is 24.4 Å². The van der Waals surface area contributed by atoms with E-state index in [-0.39, 0.29) is 30.4 Å². The second-order valence-electron chi connectivity index (χ2n) is 3.43. The van der Waals surface area contributed by atoms with Crippen molar-refractivity contribution in [1.29, 1.82) is 0 Å². The minimum absolute atomic E-state index is 0. The van der Waals surface area contributed by atoms with E-state index in [1.807, 2.05) is 0 Å². The van der Waals surface area contributed by atoms with Gasteiger partial charge in [-0.3, -0.25) is 4.79 Å². The maximum absolute atomic E-state index is 11.2. The number of nitrogens with one attached hydrogen (secondary N) is 1. The van der Waals surface area contributed by atoms with E-state index in [0.29, 0.717) is 18.9 Å². The summed E-state index contributed by atoms with van der Waals surface area (Å²) in [5.74, 6) is 1.33. The van der Waals surface area contributed by atoms with Gasteiger partial charge in [-0.1, -0.05) is 0 Å². The number of nitrogens with zero attached hydrogens (tertiary/aromatic N) is 1. The van der Waals surface area contributed by atoms with Gasteiger partial charge in [0.1, 0.15) is 5.82 Å². The van der Waals surface area contributed by atoms with Crippen LogP contribution in [-0.4, -0.2) is 16.5 Å². The van der Waals surface area contributed by atoms with Crippen molar-refractivity contribution in [3.63, 3.8) is 0 Å². The van der Waals surface area contributed by atoms with Crippen LogP contribution in [0.25, 0.3) is 0 Å². The molecule has 1 aromatic heterocycles. The van der Waals surface area contributed by atoms with E-state index in [1.54, 1.807) is 0 Å². The average Bonchev–Trinajstić information content (AvgIpc) is 2.85. The number of aromatic amines is 1. The Morgan fingerprint density at radius 2 is 2.13 bits per heavy atom. The van der Waals surface area contributed by atoms with Gasteiger partial charge in [0.15, 0.2) is 0 Å². The summed E-state index contributed by atoms with van der Waals surface area (Å²) < 4.78 is 0. The van der Waals surface area contributed by atoms with Gasteiger partial charge in [-0.2, -0.15) is 0 Å². The number of hydrogen-bond acceptors (Lipinski definition) is 3.